The Kier molecular flexibility index (Phi) is 4.36. The molecule has 4 aliphatic rings. The molecule has 0 saturated heterocycles. The molecule has 0 unspecified atom stereocenters. The standard InChI is InChI=1S/C23H34O3/c1-14(24)19-7-8-20-18-6-5-16-13-17(26-15(2)25)9-11-22(16,3)21(18)10-12-23(19,20)4/h8,16-19,21H,5-7,9-13H2,1-4H3/t16-,17+,18+,19+,21+,22+,23-/m1/s1. The highest BCUT2D eigenvalue weighted by molar-refractivity contribution is 5.80. The van der Waals surface area contributed by atoms with Gasteiger partial charge < -0.3 is 4.74 Å². The molecule has 26 heavy (non-hydrogen) atoms. The third kappa shape index (κ3) is 2.60. The molecule has 0 radical (unpaired) electrons. The molecular formula is C23H34O3. The van der Waals surface area contributed by atoms with E-state index in [9.17, 15) is 9.59 Å². The lowest BCUT2D eigenvalue weighted by Crippen LogP contribution is -2.52. The summed E-state index contributed by atoms with van der Waals surface area (Å²) in [6, 6.07) is 0. The van der Waals surface area contributed by atoms with Gasteiger partial charge in [-0.15, -0.1) is 0 Å². The molecule has 0 amide bonds. The van der Waals surface area contributed by atoms with Gasteiger partial charge in [0.1, 0.15) is 11.9 Å². The van der Waals surface area contributed by atoms with E-state index < -0.39 is 0 Å². The van der Waals surface area contributed by atoms with Gasteiger partial charge in [0.2, 0.25) is 0 Å². The number of carbonyl (C=O) groups is 2. The van der Waals surface area contributed by atoms with Gasteiger partial charge in [0.15, 0.2) is 0 Å². The van der Waals surface area contributed by atoms with Gasteiger partial charge in [0.05, 0.1) is 0 Å². The van der Waals surface area contributed by atoms with Gasteiger partial charge in [0, 0.05) is 12.8 Å². The molecule has 0 aromatic rings. The van der Waals surface area contributed by atoms with Crippen LogP contribution in [0.2, 0.25) is 0 Å². The summed E-state index contributed by atoms with van der Waals surface area (Å²) < 4.78 is 5.56. The molecule has 0 bridgehead atoms. The van der Waals surface area contributed by atoms with Crippen molar-refractivity contribution in [2.45, 2.75) is 85.2 Å². The normalized spacial score (nSPS) is 47.2. The molecule has 4 rings (SSSR count). The van der Waals surface area contributed by atoms with Gasteiger partial charge in [-0.3, -0.25) is 9.59 Å². The highest BCUT2D eigenvalue weighted by Gasteiger charge is 2.58. The molecule has 0 heterocycles. The van der Waals surface area contributed by atoms with E-state index >= 15 is 0 Å². The van der Waals surface area contributed by atoms with Gasteiger partial charge in [-0.1, -0.05) is 25.5 Å². The first-order chi connectivity index (χ1) is 12.3. The Morgan fingerprint density at radius 3 is 2.54 bits per heavy atom. The van der Waals surface area contributed by atoms with E-state index in [1.807, 2.05) is 0 Å². The summed E-state index contributed by atoms with van der Waals surface area (Å²) in [5.74, 6) is 2.54. The molecule has 0 aromatic heterocycles. The van der Waals surface area contributed by atoms with E-state index in [-0.39, 0.29) is 23.4 Å². The largest absolute Gasteiger partial charge is 0.463 e. The zero-order valence-corrected chi connectivity index (χ0v) is 16.8. The van der Waals surface area contributed by atoms with E-state index in [0.29, 0.717) is 23.0 Å². The van der Waals surface area contributed by atoms with Crippen LogP contribution in [0.1, 0.15) is 79.1 Å². The molecule has 4 aliphatic carbocycles. The van der Waals surface area contributed by atoms with Crippen molar-refractivity contribution < 1.29 is 14.3 Å². The quantitative estimate of drug-likeness (QED) is 0.510. The third-order valence-electron chi connectivity index (χ3n) is 8.84. The summed E-state index contributed by atoms with van der Waals surface area (Å²) in [6.45, 7) is 8.19. The summed E-state index contributed by atoms with van der Waals surface area (Å²) in [6.07, 6.45) is 11.7. The van der Waals surface area contributed by atoms with Crippen molar-refractivity contribution in [3.8, 4) is 0 Å². The maximum absolute atomic E-state index is 12.2. The molecule has 7 atom stereocenters. The number of Topliss-reactive ketones (excluding diaryl/α,β-unsaturated/α-hetero) is 1. The Hall–Kier alpha value is -1.12. The van der Waals surface area contributed by atoms with Crippen molar-refractivity contribution in [3.63, 3.8) is 0 Å². The highest BCUT2D eigenvalue weighted by atomic mass is 16.5. The Morgan fingerprint density at radius 1 is 1.08 bits per heavy atom. The molecule has 144 valence electrons. The Morgan fingerprint density at radius 2 is 1.85 bits per heavy atom. The van der Waals surface area contributed by atoms with Gasteiger partial charge in [-0.2, -0.15) is 0 Å². The number of carbonyl (C=O) groups excluding carboxylic acids is 2. The van der Waals surface area contributed by atoms with Crippen molar-refractivity contribution in [3.05, 3.63) is 11.6 Å². The predicted molar refractivity (Wildman–Crippen MR) is 101 cm³/mol. The molecule has 0 aromatic carbocycles. The van der Waals surface area contributed by atoms with E-state index in [1.54, 1.807) is 12.5 Å². The fourth-order valence-corrected chi connectivity index (χ4v) is 7.51. The first-order valence-electron chi connectivity index (χ1n) is 10.6. The number of ketones is 1. The van der Waals surface area contributed by atoms with Crippen LogP contribution in [0.4, 0.5) is 0 Å². The van der Waals surface area contributed by atoms with Crippen LogP contribution in [0.15, 0.2) is 11.6 Å². The topological polar surface area (TPSA) is 43.4 Å². The van der Waals surface area contributed by atoms with Crippen LogP contribution in [0.5, 0.6) is 0 Å². The van der Waals surface area contributed by atoms with Crippen molar-refractivity contribution in [1.82, 2.24) is 0 Å². The average Bonchev–Trinajstić information content (AvgIpc) is 2.92. The first kappa shape index (κ1) is 18.3. The highest BCUT2D eigenvalue weighted by Crippen LogP contribution is 2.66. The zero-order valence-electron chi connectivity index (χ0n) is 16.8. The van der Waals surface area contributed by atoms with Crippen LogP contribution in [0.25, 0.3) is 0 Å². The van der Waals surface area contributed by atoms with E-state index in [4.69, 9.17) is 4.74 Å². The van der Waals surface area contributed by atoms with E-state index in [1.165, 1.54) is 39.0 Å². The second kappa shape index (κ2) is 6.21. The Labute approximate surface area is 157 Å². The van der Waals surface area contributed by atoms with Crippen molar-refractivity contribution >= 4 is 11.8 Å². The fourth-order valence-electron chi connectivity index (χ4n) is 7.51. The summed E-state index contributed by atoms with van der Waals surface area (Å²) in [7, 11) is 0. The van der Waals surface area contributed by atoms with Gasteiger partial charge >= 0.3 is 5.97 Å². The van der Waals surface area contributed by atoms with Crippen LogP contribution >= 0.6 is 0 Å². The second-order valence-electron chi connectivity index (χ2n) is 10.0. The number of allylic oxidation sites excluding steroid dienone is 2. The van der Waals surface area contributed by atoms with Crippen molar-refractivity contribution in [2.75, 3.05) is 0 Å². The molecule has 3 saturated carbocycles. The Bertz CT molecular complexity index is 650. The van der Waals surface area contributed by atoms with E-state index in [2.05, 4.69) is 19.9 Å². The zero-order chi connectivity index (χ0) is 18.7. The smallest absolute Gasteiger partial charge is 0.302 e. The third-order valence-corrected chi connectivity index (χ3v) is 8.84. The summed E-state index contributed by atoms with van der Waals surface area (Å²) in [5, 5.41) is 0. The maximum Gasteiger partial charge on any atom is 0.302 e. The SMILES string of the molecule is CC(=O)O[C@H]1CC[C@@]2(C)[C@H](CC[C@H]3C4=CC[C@@H](C(C)=O)[C@@]4(C)CC[C@@H]32)C1. The summed E-state index contributed by atoms with van der Waals surface area (Å²) in [5.41, 5.74) is 2.11. The molecule has 0 N–H and O–H groups in total. The maximum atomic E-state index is 12.2. The lowest BCUT2D eigenvalue weighted by atomic mass is 9.46. The van der Waals surface area contributed by atoms with Crippen LogP contribution < -0.4 is 0 Å². The van der Waals surface area contributed by atoms with Crippen LogP contribution in [-0.4, -0.2) is 17.9 Å². The summed E-state index contributed by atoms with van der Waals surface area (Å²) in [4.78, 5) is 23.6. The lowest BCUT2D eigenvalue weighted by molar-refractivity contribution is -0.155. The fraction of sp³-hybridized carbons (Fsp3) is 0.826. The van der Waals surface area contributed by atoms with Crippen LogP contribution in [0.3, 0.4) is 0 Å². The predicted octanol–water partition coefficient (Wildman–Crippen LogP) is 5.09. The van der Waals surface area contributed by atoms with Gasteiger partial charge in [-0.05, 0) is 86.9 Å². The van der Waals surface area contributed by atoms with Gasteiger partial charge in [-0.25, -0.2) is 0 Å². The molecular weight excluding hydrogens is 324 g/mol. The summed E-state index contributed by atoms with van der Waals surface area (Å²) >= 11 is 0. The first-order valence-corrected chi connectivity index (χ1v) is 10.6. The molecule has 3 fully saturated rings. The van der Waals surface area contributed by atoms with E-state index in [0.717, 1.165) is 25.2 Å². The number of hydrogen-bond acceptors (Lipinski definition) is 3. The molecule has 3 heteroatoms. The lowest BCUT2D eigenvalue weighted by Gasteiger charge is -2.59. The van der Waals surface area contributed by atoms with Crippen molar-refractivity contribution in [1.29, 1.82) is 0 Å². The minimum atomic E-state index is -0.132. The van der Waals surface area contributed by atoms with Crippen LogP contribution in [0, 0.1) is 34.5 Å². The number of hydrogen-bond donors (Lipinski definition) is 0. The van der Waals surface area contributed by atoms with Gasteiger partial charge in [0.25, 0.3) is 0 Å². The molecule has 3 nitrogen and oxygen atoms in total. The second-order valence-corrected chi connectivity index (χ2v) is 10.0. The number of esters is 1. The average molecular weight is 359 g/mol. The number of rotatable bonds is 2. The minimum absolute atomic E-state index is 0.116. The van der Waals surface area contributed by atoms with Crippen LogP contribution in [-0.2, 0) is 14.3 Å². The number of fused-ring (bicyclic) bond motifs is 5. The number of ether oxygens (including phenoxy) is 1. The Balaban J connectivity index is 1.56. The molecule has 0 aliphatic heterocycles. The van der Waals surface area contributed by atoms with Crippen molar-refractivity contribution in [2.24, 2.45) is 34.5 Å². The monoisotopic (exact) mass is 358 g/mol. The minimum Gasteiger partial charge on any atom is -0.463 e. The molecule has 0 spiro atoms.